The third-order valence-corrected chi connectivity index (χ3v) is 0.944. The van der Waals surface area contributed by atoms with E-state index >= 15 is 0 Å². The van der Waals surface area contributed by atoms with E-state index < -0.39 is 0 Å². The van der Waals surface area contributed by atoms with Crippen molar-refractivity contribution in [2.75, 3.05) is 0 Å². The molecule has 0 N–H and O–H groups in total. The summed E-state index contributed by atoms with van der Waals surface area (Å²) in [5.41, 5.74) is 0. The standard InChI is InChI=1S/C4H3S.CH3.BrH.Mg/c1-2-4-5-3-1;;;/h1-3H;1H3;1H;/q2*-1;;+2. The Morgan fingerprint density at radius 2 is 2.00 bits per heavy atom. The molecule has 0 unspecified atom stereocenters. The van der Waals surface area contributed by atoms with Gasteiger partial charge >= 0.3 is 23.1 Å². The number of halogens is 1. The summed E-state index contributed by atoms with van der Waals surface area (Å²) in [4.78, 5) is 0. The van der Waals surface area contributed by atoms with Gasteiger partial charge < -0.3 is 18.8 Å². The first kappa shape index (κ1) is 16.0. The Bertz CT molecular complexity index is 68.9. The second-order valence-electron chi connectivity index (χ2n) is 0.731. The summed E-state index contributed by atoms with van der Waals surface area (Å²) in [6.45, 7) is 0. The van der Waals surface area contributed by atoms with Crippen LogP contribution in [0.25, 0.3) is 0 Å². The number of hydrogen-bond acceptors (Lipinski definition) is 1. The second kappa shape index (κ2) is 10.8. The van der Waals surface area contributed by atoms with Gasteiger partial charge in [-0.05, 0) is 0 Å². The van der Waals surface area contributed by atoms with Gasteiger partial charge in [0.05, 0.1) is 0 Å². The largest absolute Gasteiger partial charge is 2.00 e. The van der Waals surface area contributed by atoms with E-state index in [2.05, 4.69) is 5.38 Å². The minimum atomic E-state index is 0. The zero-order valence-electron chi connectivity index (χ0n) is 4.76. The van der Waals surface area contributed by atoms with Gasteiger partial charge in [0.15, 0.2) is 0 Å². The summed E-state index contributed by atoms with van der Waals surface area (Å²) in [6.07, 6.45) is 0. The third-order valence-electron chi connectivity index (χ3n) is 0.379. The van der Waals surface area contributed by atoms with E-state index in [-0.39, 0.29) is 47.5 Å². The Morgan fingerprint density at radius 1 is 1.38 bits per heavy atom. The predicted octanol–water partition coefficient (Wildman–Crippen LogP) is 2.20. The topological polar surface area (TPSA) is 0 Å². The molecule has 3 heteroatoms. The van der Waals surface area contributed by atoms with Crippen LogP contribution in [0.1, 0.15) is 0 Å². The molecule has 1 aromatic rings. The Labute approximate surface area is 81.2 Å². The molecule has 0 spiro atoms. The van der Waals surface area contributed by atoms with Crippen molar-refractivity contribution in [3.63, 3.8) is 0 Å². The minimum absolute atomic E-state index is 0. The van der Waals surface area contributed by atoms with Crippen molar-refractivity contribution < 1.29 is 0 Å². The molecule has 0 aliphatic heterocycles. The third kappa shape index (κ3) is 6.95. The monoisotopic (exact) mass is 202 g/mol. The molecule has 0 amide bonds. The van der Waals surface area contributed by atoms with Crippen LogP contribution in [-0.2, 0) is 0 Å². The molecular formula is C5H7BrMgS. The van der Waals surface area contributed by atoms with E-state index in [1.54, 1.807) is 11.3 Å². The van der Waals surface area contributed by atoms with Gasteiger partial charge in [0, 0.05) is 0 Å². The van der Waals surface area contributed by atoms with E-state index in [0.29, 0.717) is 0 Å². The molecule has 1 aromatic heterocycles. The molecule has 0 aliphatic carbocycles. The molecule has 0 fully saturated rings. The summed E-state index contributed by atoms with van der Waals surface area (Å²) >= 11 is 1.59. The molecule has 0 aliphatic rings. The van der Waals surface area contributed by atoms with Crippen LogP contribution >= 0.6 is 28.3 Å². The fraction of sp³-hybridized carbons (Fsp3) is 0. The van der Waals surface area contributed by atoms with Crippen molar-refractivity contribution in [1.82, 2.24) is 0 Å². The molecule has 0 saturated heterocycles. The zero-order chi connectivity index (χ0) is 3.54. The second-order valence-corrected chi connectivity index (χ2v) is 1.47. The van der Waals surface area contributed by atoms with Crippen LogP contribution in [0, 0.1) is 12.8 Å². The van der Waals surface area contributed by atoms with E-state index in [4.69, 9.17) is 0 Å². The molecule has 8 heavy (non-hydrogen) atoms. The van der Waals surface area contributed by atoms with Crippen molar-refractivity contribution >= 4 is 51.4 Å². The molecule has 42 valence electrons. The fourth-order valence-electron chi connectivity index (χ4n) is 0.196. The molecule has 0 nitrogen and oxygen atoms in total. The molecule has 0 bridgehead atoms. The minimum Gasteiger partial charge on any atom is -0.358 e. The molecule has 0 aromatic carbocycles. The Kier molecular flexibility index (Phi) is 21.7. The Morgan fingerprint density at radius 3 is 2.12 bits per heavy atom. The van der Waals surface area contributed by atoms with Crippen molar-refractivity contribution in [1.29, 1.82) is 0 Å². The summed E-state index contributed by atoms with van der Waals surface area (Å²) in [6, 6.07) is 3.86. The van der Waals surface area contributed by atoms with E-state index in [1.807, 2.05) is 17.5 Å². The van der Waals surface area contributed by atoms with Crippen LogP contribution in [-0.4, -0.2) is 23.1 Å². The maximum Gasteiger partial charge on any atom is 2.00 e. The van der Waals surface area contributed by atoms with Crippen LogP contribution in [0.15, 0.2) is 17.5 Å². The van der Waals surface area contributed by atoms with Gasteiger partial charge in [0.25, 0.3) is 0 Å². The van der Waals surface area contributed by atoms with Crippen LogP contribution in [0.2, 0.25) is 0 Å². The van der Waals surface area contributed by atoms with Crippen LogP contribution in [0.3, 0.4) is 0 Å². The van der Waals surface area contributed by atoms with Crippen molar-refractivity contribution in [3.05, 3.63) is 30.3 Å². The first-order chi connectivity index (χ1) is 2.50. The average Bonchev–Trinajstić information content (AvgIpc) is 1.76. The molecule has 1 rings (SSSR count). The summed E-state index contributed by atoms with van der Waals surface area (Å²) in [7, 11) is 0. The summed E-state index contributed by atoms with van der Waals surface area (Å²) in [5, 5.41) is 4.89. The Hall–Kier alpha value is 0.946. The van der Waals surface area contributed by atoms with Gasteiger partial charge in [0.2, 0.25) is 0 Å². The molecule has 0 saturated carbocycles. The maximum absolute atomic E-state index is 2.90. The van der Waals surface area contributed by atoms with Gasteiger partial charge in [-0.2, -0.15) is 11.4 Å². The molecule has 0 radical (unpaired) electrons. The predicted molar refractivity (Wildman–Crippen MR) is 45.6 cm³/mol. The zero-order valence-corrected chi connectivity index (χ0v) is 8.70. The van der Waals surface area contributed by atoms with Crippen LogP contribution < -0.4 is 0 Å². The smallest absolute Gasteiger partial charge is 0.358 e. The number of hydrogen-bond donors (Lipinski definition) is 0. The summed E-state index contributed by atoms with van der Waals surface area (Å²) < 4.78 is 0. The molecule has 0 atom stereocenters. The normalized spacial score (nSPS) is 5.00. The van der Waals surface area contributed by atoms with Gasteiger partial charge in [-0.1, -0.05) is 0 Å². The SMILES string of the molecule is Br.[CH3-].[Mg+2].[c-]1cccs1. The fourth-order valence-corrected chi connectivity index (χ4v) is 0.589. The van der Waals surface area contributed by atoms with Crippen molar-refractivity contribution in [2.45, 2.75) is 0 Å². The first-order valence-corrected chi connectivity index (χ1v) is 2.27. The quantitative estimate of drug-likeness (QED) is 0.448. The number of thiophene rings is 1. The van der Waals surface area contributed by atoms with Crippen molar-refractivity contribution in [3.8, 4) is 0 Å². The van der Waals surface area contributed by atoms with Crippen LogP contribution in [0.4, 0.5) is 0 Å². The van der Waals surface area contributed by atoms with Crippen LogP contribution in [0.5, 0.6) is 0 Å². The van der Waals surface area contributed by atoms with Gasteiger partial charge in [-0.15, -0.1) is 22.4 Å². The average molecular weight is 203 g/mol. The van der Waals surface area contributed by atoms with E-state index in [1.165, 1.54) is 0 Å². The summed E-state index contributed by atoms with van der Waals surface area (Å²) in [5.74, 6) is 0. The first-order valence-electron chi connectivity index (χ1n) is 1.40. The number of rotatable bonds is 0. The molecule has 1 heterocycles. The van der Waals surface area contributed by atoms with Crippen molar-refractivity contribution in [2.24, 2.45) is 0 Å². The van der Waals surface area contributed by atoms with Gasteiger partial charge in [-0.25, -0.2) is 6.07 Å². The van der Waals surface area contributed by atoms with E-state index in [0.717, 1.165) is 0 Å². The Balaban J connectivity index is -0.0000000833. The molecular weight excluding hydrogens is 196 g/mol. The van der Waals surface area contributed by atoms with Gasteiger partial charge in [-0.3, -0.25) is 0 Å². The maximum atomic E-state index is 2.90. The van der Waals surface area contributed by atoms with Gasteiger partial charge in [0.1, 0.15) is 0 Å². The van der Waals surface area contributed by atoms with E-state index in [9.17, 15) is 0 Å².